The summed E-state index contributed by atoms with van der Waals surface area (Å²) < 4.78 is 1.77. The van der Waals surface area contributed by atoms with Crippen molar-refractivity contribution in [2.45, 2.75) is 26.2 Å². The second-order valence-corrected chi connectivity index (χ2v) is 5.54. The Balaban J connectivity index is 2.49. The Bertz CT molecular complexity index is 538. The van der Waals surface area contributed by atoms with Crippen molar-refractivity contribution in [1.82, 2.24) is 9.78 Å². The minimum atomic E-state index is -0.0616. The molecule has 0 saturated carbocycles. The van der Waals surface area contributed by atoms with Crippen molar-refractivity contribution in [3.8, 4) is 5.69 Å². The second kappa shape index (κ2) is 4.08. The first-order chi connectivity index (χ1) is 7.88. The predicted molar refractivity (Wildman–Crippen MR) is 71.7 cm³/mol. The van der Waals surface area contributed by atoms with E-state index in [1.165, 1.54) is 0 Å². The largest absolute Gasteiger partial charge is 0.396 e. The Morgan fingerprint density at radius 2 is 2.00 bits per heavy atom. The van der Waals surface area contributed by atoms with Gasteiger partial charge in [0, 0.05) is 10.4 Å². The molecular weight excluding hydrogens is 234 g/mol. The highest BCUT2D eigenvalue weighted by Crippen LogP contribution is 2.27. The highest BCUT2D eigenvalue weighted by Gasteiger charge is 2.21. The van der Waals surface area contributed by atoms with E-state index in [0.717, 1.165) is 11.4 Å². The lowest BCUT2D eigenvalue weighted by atomic mass is 9.92. The van der Waals surface area contributed by atoms with Crippen molar-refractivity contribution < 1.29 is 0 Å². The van der Waals surface area contributed by atoms with Gasteiger partial charge in [-0.1, -0.05) is 38.4 Å². The lowest BCUT2D eigenvalue weighted by Gasteiger charge is -2.15. The molecule has 0 bridgehead atoms. The zero-order valence-electron chi connectivity index (χ0n) is 10.2. The summed E-state index contributed by atoms with van der Waals surface area (Å²) in [5.74, 6) is 0. The molecule has 0 aliphatic rings. The monoisotopic (exact) mass is 249 g/mol. The van der Waals surface area contributed by atoms with Gasteiger partial charge in [-0.2, -0.15) is 5.10 Å². The van der Waals surface area contributed by atoms with Crippen LogP contribution in [0.4, 0.5) is 5.69 Å². The van der Waals surface area contributed by atoms with Crippen LogP contribution in [-0.2, 0) is 5.41 Å². The number of nitrogens with two attached hydrogens (primary N) is 1. The van der Waals surface area contributed by atoms with E-state index in [0.29, 0.717) is 10.7 Å². The molecule has 4 heteroatoms. The quantitative estimate of drug-likeness (QED) is 0.842. The third-order valence-electron chi connectivity index (χ3n) is 2.53. The maximum absolute atomic E-state index is 5.99. The molecule has 0 amide bonds. The maximum Gasteiger partial charge on any atom is 0.0911 e. The molecule has 90 valence electrons. The molecule has 3 nitrogen and oxygen atoms in total. The average Bonchev–Trinajstić information content (AvgIpc) is 2.60. The average molecular weight is 250 g/mol. The van der Waals surface area contributed by atoms with E-state index in [1.54, 1.807) is 4.68 Å². The summed E-state index contributed by atoms with van der Waals surface area (Å²) in [4.78, 5) is 0. The highest BCUT2D eigenvalue weighted by atomic mass is 35.5. The van der Waals surface area contributed by atoms with Gasteiger partial charge in [0.1, 0.15) is 0 Å². The minimum Gasteiger partial charge on any atom is -0.396 e. The molecular formula is C13H16ClN3. The van der Waals surface area contributed by atoms with Crippen LogP contribution < -0.4 is 5.73 Å². The van der Waals surface area contributed by atoms with Gasteiger partial charge in [-0.3, -0.25) is 0 Å². The summed E-state index contributed by atoms with van der Waals surface area (Å²) in [7, 11) is 0. The van der Waals surface area contributed by atoms with Crippen LogP contribution in [0, 0.1) is 0 Å². The minimum absolute atomic E-state index is 0.0616. The van der Waals surface area contributed by atoms with E-state index in [4.69, 9.17) is 17.3 Å². The number of halogens is 1. The van der Waals surface area contributed by atoms with Crippen molar-refractivity contribution in [1.29, 1.82) is 0 Å². The summed E-state index contributed by atoms with van der Waals surface area (Å²) in [5, 5.41) is 5.21. The van der Waals surface area contributed by atoms with Crippen LogP contribution in [0.15, 0.2) is 30.5 Å². The molecule has 2 N–H and O–H groups in total. The van der Waals surface area contributed by atoms with Gasteiger partial charge in [-0.15, -0.1) is 0 Å². The fourth-order valence-corrected chi connectivity index (χ4v) is 1.91. The smallest absolute Gasteiger partial charge is 0.0911 e. The Morgan fingerprint density at radius 3 is 2.53 bits per heavy atom. The highest BCUT2D eigenvalue weighted by molar-refractivity contribution is 6.30. The topological polar surface area (TPSA) is 43.8 Å². The van der Waals surface area contributed by atoms with E-state index in [9.17, 15) is 0 Å². The molecule has 0 saturated heterocycles. The molecule has 2 aromatic rings. The van der Waals surface area contributed by atoms with Crippen molar-refractivity contribution in [2.24, 2.45) is 0 Å². The molecule has 0 aliphatic carbocycles. The zero-order valence-corrected chi connectivity index (χ0v) is 11.0. The van der Waals surface area contributed by atoms with Gasteiger partial charge < -0.3 is 5.73 Å². The van der Waals surface area contributed by atoms with E-state index >= 15 is 0 Å². The van der Waals surface area contributed by atoms with E-state index in [2.05, 4.69) is 25.9 Å². The van der Waals surface area contributed by atoms with E-state index < -0.39 is 0 Å². The Hall–Kier alpha value is -1.48. The number of anilines is 1. The third kappa shape index (κ3) is 2.44. The Kier molecular flexibility index (Phi) is 2.87. The van der Waals surface area contributed by atoms with Crippen molar-refractivity contribution in [3.05, 3.63) is 41.2 Å². The molecule has 1 aromatic heterocycles. The fraction of sp³-hybridized carbons (Fsp3) is 0.308. The number of nitrogens with zero attached hydrogens (tertiary/aromatic N) is 2. The van der Waals surface area contributed by atoms with Crippen LogP contribution in [0.5, 0.6) is 0 Å². The van der Waals surface area contributed by atoms with Gasteiger partial charge in [0.25, 0.3) is 0 Å². The predicted octanol–water partition coefficient (Wildman–Crippen LogP) is 3.41. The maximum atomic E-state index is 5.99. The zero-order chi connectivity index (χ0) is 12.6. The molecule has 0 fully saturated rings. The van der Waals surface area contributed by atoms with Crippen molar-refractivity contribution in [3.63, 3.8) is 0 Å². The second-order valence-electron chi connectivity index (χ2n) is 5.11. The number of aromatic nitrogens is 2. The molecule has 0 radical (unpaired) electrons. The van der Waals surface area contributed by atoms with Crippen LogP contribution >= 0.6 is 11.6 Å². The fourth-order valence-electron chi connectivity index (χ4n) is 1.72. The number of hydrogen-bond acceptors (Lipinski definition) is 2. The number of benzene rings is 1. The van der Waals surface area contributed by atoms with Crippen LogP contribution in [0.2, 0.25) is 5.02 Å². The first-order valence-electron chi connectivity index (χ1n) is 5.49. The summed E-state index contributed by atoms with van der Waals surface area (Å²) in [6.45, 7) is 6.27. The Labute approximate surface area is 106 Å². The molecule has 0 aliphatic heterocycles. The van der Waals surface area contributed by atoms with Crippen molar-refractivity contribution >= 4 is 17.3 Å². The summed E-state index contributed by atoms with van der Waals surface area (Å²) in [5.41, 5.74) is 8.45. The van der Waals surface area contributed by atoms with Gasteiger partial charge in [0.2, 0.25) is 0 Å². The van der Waals surface area contributed by atoms with Crippen LogP contribution in [0.1, 0.15) is 26.5 Å². The summed E-state index contributed by atoms with van der Waals surface area (Å²) >= 11 is 5.96. The van der Waals surface area contributed by atoms with Gasteiger partial charge in [0.05, 0.1) is 23.3 Å². The number of nitrogen functional groups attached to an aromatic ring is 1. The molecule has 1 aromatic carbocycles. The van der Waals surface area contributed by atoms with Crippen LogP contribution in [0.3, 0.4) is 0 Å². The first-order valence-corrected chi connectivity index (χ1v) is 5.87. The molecule has 2 rings (SSSR count). The van der Waals surface area contributed by atoms with Crippen LogP contribution in [0.25, 0.3) is 5.69 Å². The van der Waals surface area contributed by atoms with Gasteiger partial charge in [0.15, 0.2) is 0 Å². The lowest BCUT2D eigenvalue weighted by Crippen LogP contribution is -2.14. The van der Waals surface area contributed by atoms with Crippen molar-refractivity contribution in [2.75, 3.05) is 5.73 Å². The van der Waals surface area contributed by atoms with Gasteiger partial charge in [-0.05, 0) is 18.2 Å². The molecule has 1 heterocycles. The third-order valence-corrected chi connectivity index (χ3v) is 2.76. The van der Waals surface area contributed by atoms with E-state index in [1.807, 2.05) is 30.5 Å². The summed E-state index contributed by atoms with van der Waals surface area (Å²) in [6.07, 6.45) is 1.83. The summed E-state index contributed by atoms with van der Waals surface area (Å²) in [6, 6.07) is 7.54. The number of rotatable bonds is 1. The molecule has 0 spiro atoms. The lowest BCUT2D eigenvalue weighted by molar-refractivity contribution is 0.562. The van der Waals surface area contributed by atoms with Gasteiger partial charge in [-0.25, -0.2) is 4.68 Å². The first kappa shape index (κ1) is 12.0. The molecule has 17 heavy (non-hydrogen) atoms. The SMILES string of the molecule is CC(C)(C)c1nn(-c2cccc(Cl)c2)cc1N. The Morgan fingerprint density at radius 1 is 1.29 bits per heavy atom. The normalized spacial score (nSPS) is 11.8. The van der Waals surface area contributed by atoms with Gasteiger partial charge >= 0.3 is 0 Å². The molecule has 0 atom stereocenters. The van der Waals surface area contributed by atoms with E-state index in [-0.39, 0.29) is 5.41 Å². The standard InChI is InChI=1S/C13H16ClN3/c1-13(2,3)12-11(15)8-17(16-12)10-6-4-5-9(14)7-10/h4-8H,15H2,1-3H3. The number of hydrogen-bond donors (Lipinski definition) is 1. The van der Waals surface area contributed by atoms with Crippen LogP contribution in [-0.4, -0.2) is 9.78 Å². The molecule has 0 unspecified atom stereocenters.